The fourth-order valence-corrected chi connectivity index (χ4v) is 2.82. The third kappa shape index (κ3) is 5.73. The van der Waals surface area contributed by atoms with Crippen molar-refractivity contribution in [3.05, 3.63) is 69.7 Å². The molecule has 2 aromatic rings. The van der Waals surface area contributed by atoms with E-state index in [1.54, 1.807) is 45.0 Å². The molecular formula is C21H22ClF3N2O2. The van der Waals surface area contributed by atoms with Crippen molar-refractivity contribution < 1.29 is 22.8 Å². The fourth-order valence-electron chi connectivity index (χ4n) is 2.59. The van der Waals surface area contributed by atoms with Gasteiger partial charge in [0.2, 0.25) is 0 Å². The summed E-state index contributed by atoms with van der Waals surface area (Å²) in [6.07, 6.45) is -3.85. The van der Waals surface area contributed by atoms with Gasteiger partial charge in [0.25, 0.3) is 11.8 Å². The third-order valence-electron chi connectivity index (χ3n) is 4.18. The van der Waals surface area contributed by atoms with E-state index in [4.69, 9.17) is 11.6 Å². The van der Waals surface area contributed by atoms with Gasteiger partial charge in [-0.15, -0.1) is 0 Å². The van der Waals surface area contributed by atoms with Gasteiger partial charge in [-0.2, -0.15) is 13.2 Å². The van der Waals surface area contributed by atoms with E-state index in [1.165, 1.54) is 0 Å². The highest BCUT2D eigenvalue weighted by Gasteiger charge is 2.34. The van der Waals surface area contributed by atoms with Crippen LogP contribution in [-0.4, -0.2) is 22.4 Å². The number of benzene rings is 2. The second-order valence-corrected chi connectivity index (χ2v) is 7.97. The molecule has 0 saturated heterocycles. The minimum absolute atomic E-state index is 0.224. The van der Waals surface area contributed by atoms with Gasteiger partial charge in [0.05, 0.1) is 11.1 Å². The quantitative estimate of drug-likeness (QED) is 0.658. The molecule has 0 saturated carbocycles. The standard InChI is InChI=1S/C21H22ClF3N2O2/c1-5-13-6-8-14(9-7-13)18(28)26-27(20(2,3)4)19(29)15-10-16(21(23,24)25)12-17(22)11-15/h6-12H,5H2,1-4H3,(H,26,28). The Morgan fingerprint density at radius 1 is 1.00 bits per heavy atom. The molecule has 0 radical (unpaired) electrons. The first-order chi connectivity index (χ1) is 13.3. The highest BCUT2D eigenvalue weighted by Crippen LogP contribution is 2.32. The second-order valence-electron chi connectivity index (χ2n) is 7.53. The van der Waals surface area contributed by atoms with Gasteiger partial charge in [0, 0.05) is 16.1 Å². The van der Waals surface area contributed by atoms with Crippen LogP contribution in [0.4, 0.5) is 13.2 Å². The van der Waals surface area contributed by atoms with Crippen molar-refractivity contribution >= 4 is 23.4 Å². The van der Waals surface area contributed by atoms with E-state index in [9.17, 15) is 22.8 Å². The Bertz CT molecular complexity index is 904. The Kier molecular flexibility index (Phi) is 6.63. The van der Waals surface area contributed by atoms with Crippen LogP contribution in [0.25, 0.3) is 0 Å². The summed E-state index contributed by atoms with van der Waals surface area (Å²) in [5, 5.41) is 0.785. The Balaban J connectivity index is 2.36. The lowest BCUT2D eigenvalue weighted by Gasteiger charge is -2.35. The number of carbonyl (C=O) groups excluding carboxylic acids is 2. The number of amides is 2. The van der Waals surface area contributed by atoms with Gasteiger partial charge in [-0.05, 0) is 63.1 Å². The van der Waals surface area contributed by atoms with Gasteiger partial charge in [0.1, 0.15) is 0 Å². The van der Waals surface area contributed by atoms with E-state index in [0.717, 1.165) is 35.2 Å². The summed E-state index contributed by atoms with van der Waals surface area (Å²) in [4.78, 5) is 25.6. The number of nitrogens with one attached hydrogen (secondary N) is 1. The molecule has 0 fully saturated rings. The number of carbonyl (C=O) groups is 2. The van der Waals surface area contributed by atoms with Crippen LogP contribution >= 0.6 is 11.6 Å². The van der Waals surface area contributed by atoms with Gasteiger partial charge < -0.3 is 0 Å². The van der Waals surface area contributed by atoms with Crippen molar-refractivity contribution in [2.24, 2.45) is 0 Å². The molecule has 0 aliphatic carbocycles. The maximum Gasteiger partial charge on any atom is 0.416 e. The van der Waals surface area contributed by atoms with Crippen LogP contribution in [0.1, 0.15) is 59.5 Å². The lowest BCUT2D eigenvalue weighted by atomic mass is 10.0. The summed E-state index contributed by atoms with van der Waals surface area (Å²) in [7, 11) is 0. The summed E-state index contributed by atoms with van der Waals surface area (Å²) in [6.45, 7) is 6.94. The molecule has 0 aromatic heterocycles. The largest absolute Gasteiger partial charge is 0.416 e. The zero-order valence-corrected chi connectivity index (χ0v) is 17.3. The molecule has 1 N–H and O–H groups in total. The second kappa shape index (κ2) is 8.45. The highest BCUT2D eigenvalue weighted by molar-refractivity contribution is 6.31. The van der Waals surface area contributed by atoms with Crippen molar-refractivity contribution in [2.45, 2.75) is 45.8 Å². The lowest BCUT2D eigenvalue weighted by Crippen LogP contribution is -2.55. The van der Waals surface area contributed by atoms with Crippen LogP contribution in [0, 0.1) is 0 Å². The molecule has 0 aliphatic heterocycles. The zero-order chi connectivity index (χ0) is 22.0. The van der Waals surface area contributed by atoms with Gasteiger partial charge in [0.15, 0.2) is 0 Å². The molecule has 0 heterocycles. The van der Waals surface area contributed by atoms with E-state index < -0.39 is 29.1 Å². The summed E-state index contributed by atoms with van der Waals surface area (Å²) in [5.41, 5.74) is 1.66. The van der Waals surface area contributed by atoms with Gasteiger partial charge in [-0.25, -0.2) is 5.01 Å². The molecule has 0 bridgehead atoms. The first-order valence-corrected chi connectivity index (χ1v) is 9.33. The summed E-state index contributed by atoms with van der Waals surface area (Å²) in [6, 6.07) is 9.44. The average Bonchev–Trinajstić information content (AvgIpc) is 2.63. The number of rotatable bonds is 3. The maximum atomic E-state index is 13.1. The van der Waals surface area contributed by atoms with Crippen molar-refractivity contribution in [3.63, 3.8) is 0 Å². The number of hydrogen-bond donors (Lipinski definition) is 1. The van der Waals surface area contributed by atoms with Crippen LogP contribution in [0.15, 0.2) is 42.5 Å². The van der Waals surface area contributed by atoms with Gasteiger partial charge in [-0.3, -0.25) is 15.0 Å². The monoisotopic (exact) mass is 426 g/mol. The summed E-state index contributed by atoms with van der Waals surface area (Å²) >= 11 is 5.79. The van der Waals surface area contributed by atoms with Gasteiger partial charge >= 0.3 is 6.18 Å². The van der Waals surface area contributed by atoms with E-state index in [-0.39, 0.29) is 10.6 Å². The molecule has 2 aromatic carbocycles. The fraction of sp³-hybridized carbons (Fsp3) is 0.333. The molecular weight excluding hydrogens is 405 g/mol. The first kappa shape index (κ1) is 22.7. The Hall–Kier alpha value is -2.54. The topological polar surface area (TPSA) is 49.4 Å². The minimum atomic E-state index is -4.66. The molecule has 156 valence electrons. The molecule has 8 heteroatoms. The number of halogens is 4. The van der Waals surface area contributed by atoms with E-state index in [2.05, 4.69) is 5.43 Å². The number of nitrogens with zero attached hydrogens (tertiary/aromatic N) is 1. The Morgan fingerprint density at radius 3 is 2.07 bits per heavy atom. The average molecular weight is 427 g/mol. The molecule has 2 rings (SSSR count). The molecule has 2 amide bonds. The van der Waals surface area contributed by atoms with Crippen LogP contribution in [-0.2, 0) is 12.6 Å². The van der Waals surface area contributed by atoms with E-state index in [1.807, 2.05) is 6.92 Å². The number of hydrogen-bond acceptors (Lipinski definition) is 2. The maximum absolute atomic E-state index is 13.1. The number of aryl methyl sites for hydroxylation is 1. The predicted octanol–water partition coefficient (Wildman–Crippen LogP) is 5.51. The van der Waals surface area contributed by atoms with Gasteiger partial charge in [-0.1, -0.05) is 30.7 Å². The van der Waals surface area contributed by atoms with E-state index in [0.29, 0.717) is 5.56 Å². The SMILES string of the molecule is CCc1ccc(C(=O)NN(C(=O)c2cc(Cl)cc(C(F)(F)F)c2)C(C)(C)C)cc1. The molecule has 29 heavy (non-hydrogen) atoms. The van der Waals surface area contributed by atoms with Crippen molar-refractivity contribution in [1.29, 1.82) is 0 Å². The van der Waals surface area contributed by atoms with E-state index >= 15 is 0 Å². The molecule has 0 unspecified atom stereocenters. The third-order valence-corrected chi connectivity index (χ3v) is 4.40. The predicted molar refractivity (Wildman–Crippen MR) is 106 cm³/mol. The Morgan fingerprint density at radius 2 is 1.59 bits per heavy atom. The summed E-state index contributed by atoms with van der Waals surface area (Å²) in [5.74, 6) is -1.35. The van der Waals surface area contributed by atoms with Crippen LogP contribution in [0.2, 0.25) is 5.02 Å². The van der Waals surface area contributed by atoms with Crippen molar-refractivity contribution in [2.75, 3.05) is 0 Å². The smallest absolute Gasteiger partial charge is 0.267 e. The van der Waals surface area contributed by atoms with Crippen LogP contribution < -0.4 is 5.43 Å². The number of hydrazine groups is 1. The van der Waals surface area contributed by atoms with Crippen LogP contribution in [0.5, 0.6) is 0 Å². The molecule has 4 nitrogen and oxygen atoms in total. The Labute approximate surface area is 172 Å². The van der Waals surface area contributed by atoms with Crippen molar-refractivity contribution in [1.82, 2.24) is 10.4 Å². The zero-order valence-electron chi connectivity index (χ0n) is 16.5. The minimum Gasteiger partial charge on any atom is -0.267 e. The van der Waals surface area contributed by atoms with Crippen molar-refractivity contribution in [3.8, 4) is 0 Å². The molecule has 0 spiro atoms. The highest BCUT2D eigenvalue weighted by atomic mass is 35.5. The van der Waals surface area contributed by atoms with Crippen LogP contribution in [0.3, 0.4) is 0 Å². The molecule has 0 aliphatic rings. The first-order valence-electron chi connectivity index (χ1n) is 8.95. The number of alkyl halides is 3. The lowest BCUT2D eigenvalue weighted by molar-refractivity contribution is -0.137. The molecule has 0 atom stereocenters. The summed E-state index contributed by atoms with van der Waals surface area (Å²) < 4.78 is 39.3. The normalized spacial score (nSPS) is 11.9.